The van der Waals surface area contributed by atoms with Crippen LogP contribution >= 0.6 is 11.8 Å². The first-order valence-corrected chi connectivity index (χ1v) is 5.87. The van der Waals surface area contributed by atoms with Gasteiger partial charge in [-0.25, -0.2) is 0 Å². The van der Waals surface area contributed by atoms with Crippen molar-refractivity contribution < 1.29 is 5.11 Å². The van der Waals surface area contributed by atoms with Gasteiger partial charge in [-0.05, 0) is 42.4 Å². The topological polar surface area (TPSA) is 23.5 Å². The second-order valence-corrected chi connectivity index (χ2v) is 4.72. The number of hydrogen-bond acceptors (Lipinski definition) is 3. The Kier molecular flexibility index (Phi) is 2.99. The smallest absolute Gasteiger partial charge is 0.115 e. The zero-order valence-electron chi connectivity index (χ0n) is 8.36. The quantitative estimate of drug-likeness (QED) is 0.755. The van der Waals surface area contributed by atoms with E-state index in [9.17, 15) is 0 Å². The maximum Gasteiger partial charge on any atom is 0.115 e. The number of rotatable bonds is 2. The molecule has 2 nitrogen and oxygen atoms in total. The number of benzene rings is 1. The van der Waals surface area contributed by atoms with Crippen molar-refractivity contribution in [1.29, 1.82) is 0 Å². The Hall–Kier alpha value is -0.670. The fraction of sp³-hybridized carbons (Fsp3) is 0.455. The highest BCUT2D eigenvalue weighted by Crippen LogP contribution is 2.32. The number of aliphatic hydroxyl groups excluding tert-OH is 1. The second-order valence-electron chi connectivity index (χ2n) is 3.58. The Bertz CT molecular complexity index is 327. The predicted molar refractivity (Wildman–Crippen MR) is 61.0 cm³/mol. The molecule has 1 aromatic carbocycles. The number of nitrogens with zero attached hydrogens (tertiary/aromatic N) is 1. The minimum Gasteiger partial charge on any atom is -0.376 e. The summed E-state index contributed by atoms with van der Waals surface area (Å²) in [7, 11) is 1.90. The Morgan fingerprint density at radius 3 is 3.14 bits per heavy atom. The van der Waals surface area contributed by atoms with E-state index in [1.807, 2.05) is 23.7 Å². The van der Waals surface area contributed by atoms with Crippen LogP contribution in [0.5, 0.6) is 0 Å². The summed E-state index contributed by atoms with van der Waals surface area (Å²) in [5.74, 6) is 1.24. The second kappa shape index (κ2) is 4.24. The summed E-state index contributed by atoms with van der Waals surface area (Å²) in [5, 5.41) is 9.01. The van der Waals surface area contributed by atoms with Gasteiger partial charge in [-0.15, -0.1) is 11.8 Å². The van der Waals surface area contributed by atoms with Crippen molar-refractivity contribution in [2.24, 2.45) is 0 Å². The lowest BCUT2D eigenvalue weighted by Gasteiger charge is -2.20. The normalized spacial score (nSPS) is 15.0. The van der Waals surface area contributed by atoms with E-state index < -0.39 is 0 Å². The van der Waals surface area contributed by atoms with Gasteiger partial charge < -0.3 is 10.0 Å². The van der Waals surface area contributed by atoms with E-state index in [2.05, 4.69) is 18.2 Å². The number of aryl methyl sites for hydroxylation is 1. The molecule has 0 fully saturated rings. The highest BCUT2D eigenvalue weighted by atomic mass is 32.2. The van der Waals surface area contributed by atoms with Gasteiger partial charge in [0.05, 0.1) is 0 Å². The molecular weight excluding hydrogens is 194 g/mol. The third-order valence-electron chi connectivity index (χ3n) is 2.54. The number of hydrogen-bond donors (Lipinski definition) is 1. The molecule has 0 unspecified atom stereocenters. The Morgan fingerprint density at radius 2 is 2.36 bits per heavy atom. The number of fused-ring (bicyclic) bond motifs is 1. The van der Waals surface area contributed by atoms with Crippen LogP contribution in [0.2, 0.25) is 0 Å². The van der Waals surface area contributed by atoms with Gasteiger partial charge in [-0.1, -0.05) is 0 Å². The summed E-state index contributed by atoms with van der Waals surface area (Å²) in [6.45, 7) is 0.0753. The zero-order valence-corrected chi connectivity index (χ0v) is 9.18. The molecule has 0 aliphatic carbocycles. The third-order valence-corrected chi connectivity index (χ3v) is 3.75. The maximum atomic E-state index is 9.01. The van der Waals surface area contributed by atoms with Gasteiger partial charge in [-0.3, -0.25) is 0 Å². The lowest BCUT2D eigenvalue weighted by molar-refractivity contribution is 0.298. The van der Waals surface area contributed by atoms with Crippen LogP contribution in [0.25, 0.3) is 0 Å². The van der Waals surface area contributed by atoms with E-state index in [1.54, 1.807) is 0 Å². The summed E-state index contributed by atoms with van der Waals surface area (Å²) in [6, 6.07) is 6.44. The molecule has 0 amide bonds. The molecule has 14 heavy (non-hydrogen) atoms. The van der Waals surface area contributed by atoms with Gasteiger partial charge in [0.15, 0.2) is 0 Å². The number of thioether (sulfide) groups is 1. The molecule has 2 rings (SSSR count). The van der Waals surface area contributed by atoms with Crippen molar-refractivity contribution in [1.82, 2.24) is 0 Å². The highest BCUT2D eigenvalue weighted by Gasteiger charge is 2.10. The van der Waals surface area contributed by atoms with Crippen LogP contribution in [0.15, 0.2) is 23.1 Å². The lowest BCUT2D eigenvalue weighted by atomic mass is 10.1. The summed E-state index contributed by atoms with van der Waals surface area (Å²) < 4.78 is 0. The zero-order chi connectivity index (χ0) is 9.97. The molecule has 76 valence electrons. The first kappa shape index (κ1) is 9.87. The molecule has 1 aliphatic rings. The molecule has 0 spiro atoms. The molecular formula is C11H15NOS. The van der Waals surface area contributed by atoms with Gasteiger partial charge in [0, 0.05) is 17.6 Å². The van der Waals surface area contributed by atoms with Crippen LogP contribution in [0.3, 0.4) is 0 Å². The van der Waals surface area contributed by atoms with Gasteiger partial charge in [-0.2, -0.15) is 0 Å². The third kappa shape index (κ3) is 1.88. The van der Waals surface area contributed by atoms with Crippen LogP contribution in [0.4, 0.5) is 5.69 Å². The molecule has 1 aromatic rings. The van der Waals surface area contributed by atoms with Crippen molar-refractivity contribution in [3.05, 3.63) is 23.8 Å². The van der Waals surface area contributed by atoms with E-state index in [4.69, 9.17) is 5.11 Å². The fourth-order valence-corrected chi connectivity index (χ4v) is 2.69. The van der Waals surface area contributed by atoms with Crippen LogP contribution in [0.1, 0.15) is 12.0 Å². The Balaban J connectivity index is 2.29. The largest absolute Gasteiger partial charge is 0.376 e. The SMILES string of the molecule is CN(CO)c1ccc2c(c1)CCCS2. The average molecular weight is 209 g/mol. The first-order valence-electron chi connectivity index (χ1n) is 4.89. The Morgan fingerprint density at radius 1 is 1.50 bits per heavy atom. The van der Waals surface area contributed by atoms with Crippen LogP contribution in [-0.2, 0) is 6.42 Å². The molecule has 0 atom stereocenters. The average Bonchev–Trinajstić information content (AvgIpc) is 2.27. The van der Waals surface area contributed by atoms with E-state index in [0.29, 0.717) is 0 Å². The summed E-state index contributed by atoms with van der Waals surface area (Å²) >= 11 is 1.94. The molecule has 1 heterocycles. The van der Waals surface area contributed by atoms with Crippen molar-refractivity contribution in [3.8, 4) is 0 Å². The minimum absolute atomic E-state index is 0.0753. The summed E-state index contributed by atoms with van der Waals surface area (Å²) in [6.07, 6.45) is 2.44. The summed E-state index contributed by atoms with van der Waals surface area (Å²) in [5.41, 5.74) is 2.54. The van der Waals surface area contributed by atoms with Crippen LogP contribution < -0.4 is 4.90 Å². The molecule has 0 bridgehead atoms. The van der Waals surface area contributed by atoms with Crippen molar-refractivity contribution in [3.63, 3.8) is 0 Å². The predicted octanol–water partition coefficient (Wildman–Crippen LogP) is 2.11. The Labute approximate surface area is 88.9 Å². The molecule has 1 aliphatic heterocycles. The van der Waals surface area contributed by atoms with E-state index in [1.165, 1.54) is 29.1 Å². The molecule has 0 radical (unpaired) electrons. The van der Waals surface area contributed by atoms with Crippen molar-refractivity contribution >= 4 is 17.4 Å². The fourth-order valence-electron chi connectivity index (χ4n) is 1.67. The van der Waals surface area contributed by atoms with Crippen molar-refractivity contribution in [2.75, 3.05) is 24.4 Å². The molecule has 0 saturated heterocycles. The summed E-state index contributed by atoms with van der Waals surface area (Å²) in [4.78, 5) is 3.26. The molecule has 3 heteroatoms. The maximum absolute atomic E-state index is 9.01. The highest BCUT2D eigenvalue weighted by molar-refractivity contribution is 7.99. The van der Waals surface area contributed by atoms with E-state index >= 15 is 0 Å². The van der Waals surface area contributed by atoms with Gasteiger partial charge in [0.25, 0.3) is 0 Å². The van der Waals surface area contributed by atoms with Gasteiger partial charge in [0.1, 0.15) is 6.73 Å². The van der Waals surface area contributed by atoms with Crippen LogP contribution in [0, 0.1) is 0 Å². The van der Waals surface area contributed by atoms with E-state index in [-0.39, 0.29) is 6.73 Å². The standard InChI is InChI=1S/C11H15NOS/c1-12(8-13)10-4-5-11-9(7-10)3-2-6-14-11/h4-5,7,13H,2-3,6,8H2,1H3. The molecule has 0 saturated carbocycles. The minimum atomic E-state index is 0.0753. The number of aliphatic hydroxyl groups is 1. The molecule has 0 aromatic heterocycles. The molecule has 1 N–H and O–H groups in total. The first-order chi connectivity index (χ1) is 6.81. The lowest BCUT2D eigenvalue weighted by Crippen LogP contribution is -2.18. The number of anilines is 1. The van der Waals surface area contributed by atoms with Crippen LogP contribution in [-0.4, -0.2) is 24.6 Å². The van der Waals surface area contributed by atoms with Crippen molar-refractivity contribution in [2.45, 2.75) is 17.7 Å². The van der Waals surface area contributed by atoms with Gasteiger partial charge in [0.2, 0.25) is 0 Å². The monoisotopic (exact) mass is 209 g/mol. The van der Waals surface area contributed by atoms with E-state index in [0.717, 1.165) is 5.69 Å². The van der Waals surface area contributed by atoms with Gasteiger partial charge >= 0.3 is 0 Å².